The van der Waals surface area contributed by atoms with E-state index >= 15 is 0 Å². The molecular formula is C26H33FN2O4. The van der Waals surface area contributed by atoms with Crippen LogP contribution in [0.1, 0.15) is 51.0 Å². The Hall–Kier alpha value is -3.09. The Balaban J connectivity index is 1.76. The zero-order valence-corrected chi connectivity index (χ0v) is 19.4. The smallest absolute Gasteiger partial charge is 0.261 e. The van der Waals surface area contributed by atoms with Crippen LogP contribution < -0.4 is 14.8 Å². The van der Waals surface area contributed by atoms with E-state index in [0.717, 1.165) is 31.2 Å². The summed E-state index contributed by atoms with van der Waals surface area (Å²) in [7, 11) is 1.59. The van der Waals surface area contributed by atoms with Crippen LogP contribution in [0.25, 0.3) is 0 Å². The summed E-state index contributed by atoms with van der Waals surface area (Å²) in [5.74, 6) is -0.345. The monoisotopic (exact) mass is 456 g/mol. The first kappa shape index (κ1) is 24.6. The molecule has 0 aliphatic heterocycles. The molecule has 2 aromatic rings. The van der Waals surface area contributed by atoms with Gasteiger partial charge in [-0.15, -0.1) is 0 Å². The molecule has 0 unspecified atom stereocenters. The molecule has 1 fully saturated rings. The van der Waals surface area contributed by atoms with Crippen molar-refractivity contribution < 1.29 is 23.5 Å². The predicted octanol–water partition coefficient (Wildman–Crippen LogP) is 4.47. The quantitative estimate of drug-likeness (QED) is 0.573. The van der Waals surface area contributed by atoms with E-state index in [1.54, 1.807) is 19.2 Å². The lowest BCUT2D eigenvalue weighted by Gasteiger charge is -2.32. The molecule has 3 rings (SSSR count). The normalized spacial score (nSPS) is 14.9. The van der Waals surface area contributed by atoms with Crippen molar-refractivity contribution in [3.05, 3.63) is 59.9 Å². The molecule has 33 heavy (non-hydrogen) atoms. The molecule has 1 saturated carbocycles. The predicted molar refractivity (Wildman–Crippen MR) is 125 cm³/mol. The first-order valence-electron chi connectivity index (χ1n) is 11.6. The fraction of sp³-hybridized carbons (Fsp3) is 0.462. The minimum Gasteiger partial charge on any atom is -0.497 e. The van der Waals surface area contributed by atoms with Crippen molar-refractivity contribution >= 4 is 11.8 Å². The maximum Gasteiger partial charge on any atom is 0.261 e. The topological polar surface area (TPSA) is 67.9 Å². The Morgan fingerprint density at radius 3 is 2.42 bits per heavy atom. The fourth-order valence-electron chi connectivity index (χ4n) is 4.18. The number of nitrogens with one attached hydrogen (secondary N) is 1. The molecule has 1 atom stereocenters. The first-order valence-corrected chi connectivity index (χ1v) is 11.6. The Bertz CT molecular complexity index is 913. The number of halogens is 1. The second-order valence-electron chi connectivity index (χ2n) is 8.36. The van der Waals surface area contributed by atoms with Gasteiger partial charge in [0.05, 0.1) is 7.11 Å². The molecule has 0 heterocycles. The number of methoxy groups -OCH3 is 1. The molecule has 0 radical (unpaired) electrons. The van der Waals surface area contributed by atoms with E-state index in [2.05, 4.69) is 5.32 Å². The molecule has 2 amide bonds. The van der Waals surface area contributed by atoms with Gasteiger partial charge in [-0.1, -0.05) is 50.5 Å². The second-order valence-corrected chi connectivity index (χ2v) is 8.36. The van der Waals surface area contributed by atoms with Gasteiger partial charge in [0.25, 0.3) is 5.91 Å². The summed E-state index contributed by atoms with van der Waals surface area (Å²) in [6.07, 6.45) is 5.79. The number of hydrogen-bond acceptors (Lipinski definition) is 4. The van der Waals surface area contributed by atoms with Gasteiger partial charge in [0.1, 0.15) is 11.8 Å². The molecule has 0 spiro atoms. The zero-order valence-electron chi connectivity index (χ0n) is 19.4. The number of rotatable bonds is 10. The SMILES string of the molecule is CC[C@@H](C(=O)NC1CCCCC1)N(Cc1ccc(OC)cc1)C(=O)COc1ccccc1F. The van der Waals surface area contributed by atoms with Crippen LogP contribution in [0, 0.1) is 5.82 Å². The van der Waals surface area contributed by atoms with Crippen LogP contribution in [0.2, 0.25) is 0 Å². The van der Waals surface area contributed by atoms with E-state index in [9.17, 15) is 14.0 Å². The van der Waals surface area contributed by atoms with E-state index in [1.165, 1.54) is 23.5 Å². The maximum atomic E-state index is 13.9. The summed E-state index contributed by atoms with van der Waals surface area (Å²) in [5.41, 5.74) is 0.860. The number of hydrogen-bond donors (Lipinski definition) is 1. The lowest BCUT2D eigenvalue weighted by atomic mass is 9.95. The highest BCUT2D eigenvalue weighted by Gasteiger charge is 2.30. The highest BCUT2D eigenvalue weighted by Crippen LogP contribution is 2.21. The third kappa shape index (κ3) is 6.94. The van der Waals surface area contributed by atoms with Crippen molar-refractivity contribution in [3.8, 4) is 11.5 Å². The highest BCUT2D eigenvalue weighted by atomic mass is 19.1. The summed E-state index contributed by atoms with van der Waals surface area (Å²) < 4.78 is 24.6. The number of para-hydroxylation sites is 1. The summed E-state index contributed by atoms with van der Waals surface area (Å²) in [4.78, 5) is 27.9. The number of amides is 2. The molecule has 0 aromatic heterocycles. The summed E-state index contributed by atoms with van der Waals surface area (Å²) in [6.45, 7) is 1.77. The number of benzene rings is 2. The van der Waals surface area contributed by atoms with Gasteiger partial charge in [0.15, 0.2) is 18.2 Å². The van der Waals surface area contributed by atoms with E-state index in [0.29, 0.717) is 12.2 Å². The molecule has 6 nitrogen and oxygen atoms in total. The third-order valence-corrected chi connectivity index (χ3v) is 6.04. The van der Waals surface area contributed by atoms with Gasteiger partial charge in [-0.05, 0) is 49.1 Å². The molecule has 1 aliphatic rings. The van der Waals surface area contributed by atoms with Gasteiger partial charge < -0.3 is 19.7 Å². The van der Waals surface area contributed by atoms with Crippen molar-refractivity contribution in [2.75, 3.05) is 13.7 Å². The minimum absolute atomic E-state index is 0.00922. The van der Waals surface area contributed by atoms with Crippen LogP contribution in [0.3, 0.4) is 0 Å². The number of nitrogens with zero attached hydrogens (tertiary/aromatic N) is 1. The van der Waals surface area contributed by atoms with Gasteiger partial charge in [0.2, 0.25) is 5.91 Å². The molecule has 0 bridgehead atoms. The standard InChI is InChI=1S/C26H33FN2O4/c1-3-23(26(31)28-20-9-5-4-6-10-20)29(17-19-13-15-21(32-2)16-14-19)25(30)18-33-24-12-8-7-11-22(24)27/h7-8,11-16,20,23H,3-6,9-10,17-18H2,1-2H3,(H,28,31)/t23-/m0/s1. The Kier molecular flexibility index (Phi) is 9.10. The molecular weight excluding hydrogens is 423 g/mol. The third-order valence-electron chi connectivity index (χ3n) is 6.04. The molecule has 1 N–H and O–H groups in total. The van der Waals surface area contributed by atoms with Gasteiger partial charge in [-0.2, -0.15) is 0 Å². The molecule has 1 aliphatic carbocycles. The van der Waals surface area contributed by atoms with Crippen molar-refractivity contribution in [1.29, 1.82) is 0 Å². The number of carbonyl (C=O) groups excluding carboxylic acids is 2. The van der Waals surface area contributed by atoms with Crippen LogP contribution in [0.15, 0.2) is 48.5 Å². The van der Waals surface area contributed by atoms with Crippen molar-refractivity contribution in [3.63, 3.8) is 0 Å². The van der Waals surface area contributed by atoms with E-state index in [1.807, 2.05) is 31.2 Å². The lowest BCUT2D eigenvalue weighted by molar-refractivity contribution is -0.143. The average Bonchev–Trinajstić information content (AvgIpc) is 2.84. The molecule has 178 valence electrons. The van der Waals surface area contributed by atoms with Gasteiger partial charge in [-0.3, -0.25) is 9.59 Å². The maximum absolute atomic E-state index is 13.9. The first-order chi connectivity index (χ1) is 16.0. The lowest BCUT2D eigenvalue weighted by Crippen LogP contribution is -2.52. The fourth-order valence-corrected chi connectivity index (χ4v) is 4.18. The zero-order chi connectivity index (χ0) is 23.6. The molecule has 7 heteroatoms. The van der Waals surface area contributed by atoms with Crippen LogP contribution >= 0.6 is 0 Å². The number of carbonyl (C=O) groups is 2. The summed E-state index contributed by atoms with van der Waals surface area (Å²) in [5, 5.41) is 3.14. The van der Waals surface area contributed by atoms with Gasteiger partial charge in [0, 0.05) is 12.6 Å². The number of ether oxygens (including phenoxy) is 2. The van der Waals surface area contributed by atoms with Crippen LogP contribution in [0.5, 0.6) is 11.5 Å². The van der Waals surface area contributed by atoms with Gasteiger partial charge >= 0.3 is 0 Å². The van der Waals surface area contributed by atoms with Gasteiger partial charge in [-0.25, -0.2) is 4.39 Å². The van der Waals surface area contributed by atoms with Crippen molar-refractivity contribution in [2.24, 2.45) is 0 Å². The Labute approximate surface area is 195 Å². The van der Waals surface area contributed by atoms with E-state index in [-0.39, 0.29) is 36.8 Å². The largest absolute Gasteiger partial charge is 0.497 e. The van der Waals surface area contributed by atoms with Crippen molar-refractivity contribution in [2.45, 2.75) is 64.1 Å². The molecule has 0 saturated heterocycles. The highest BCUT2D eigenvalue weighted by molar-refractivity contribution is 5.88. The summed E-state index contributed by atoms with van der Waals surface area (Å²) >= 11 is 0. The minimum atomic E-state index is -0.647. The van der Waals surface area contributed by atoms with Crippen LogP contribution in [-0.4, -0.2) is 42.5 Å². The van der Waals surface area contributed by atoms with E-state index in [4.69, 9.17) is 9.47 Å². The second kappa shape index (κ2) is 12.2. The Morgan fingerprint density at radius 2 is 1.79 bits per heavy atom. The van der Waals surface area contributed by atoms with Crippen LogP contribution in [-0.2, 0) is 16.1 Å². The van der Waals surface area contributed by atoms with Crippen molar-refractivity contribution in [1.82, 2.24) is 10.2 Å². The van der Waals surface area contributed by atoms with E-state index < -0.39 is 11.9 Å². The summed E-state index contributed by atoms with van der Waals surface area (Å²) in [6, 6.07) is 12.8. The average molecular weight is 457 g/mol. The Morgan fingerprint density at radius 1 is 1.09 bits per heavy atom. The molecule has 2 aromatic carbocycles. The van der Waals surface area contributed by atoms with Crippen LogP contribution in [0.4, 0.5) is 4.39 Å².